The van der Waals surface area contributed by atoms with Crippen molar-refractivity contribution in [3.63, 3.8) is 0 Å². The van der Waals surface area contributed by atoms with Gasteiger partial charge in [0.2, 0.25) is 0 Å². The van der Waals surface area contributed by atoms with Crippen molar-refractivity contribution in [3.8, 4) is 5.69 Å². The van der Waals surface area contributed by atoms with Gasteiger partial charge in [0.15, 0.2) is 0 Å². The quantitative estimate of drug-likeness (QED) is 0.0961. The Hall–Kier alpha value is -3.99. The van der Waals surface area contributed by atoms with Crippen LogP contribution in [-0.2, 0) is 5.41 Å². The van der Waals surface area contributed by atoms with E-state index in [0.717, 1.165) is 66.6 Å². The van der Waals surface area contributed by atoms with Gasteiger partial charge < -0.3 is 16.4 Å². The normalized spacial score (nSPS) is 21.0. The number of hydrogen-bond donors (Lipinski definition) is 3. The molecule has 2 saturated carbocycles. The molecule has 2 aliphatic carbocycles. The topological polar surface area (TPSA) is 85.0 Å². The number of nitrogens with zero attached hydrogens (tertiary/aromatic N) is 2. The Morgan fingerprint density at radius 3 is 2.40 bits per heavy atom. The maximum Gasteiger partial charge on any atom is 0.282 e. The summed E-state index contributed by atoms with van der Waals surface area (Å²) < 4.78 is 2.28. The monoisotopic (exact) mass is 834 g/mol. The summed E-state index contributed by atoms with van der Waals surface area (Å²) in [5.41, 5.74) is 17.1. The van der Waals surface area contributed by atoms with Crippen molar-refractivity contribution in [1.82, 2.24) is 20.2 Å². The number of hydrogen-bond acceptors (Lipinski definition) is 5. The molecular formula is C53H76ClN5O. The molecule has 3 aromatic rings. The van der Waals surface area contributed by atoms with Crippen LogP contribution in [0.25, 0.3) is 16.6 Å². The molecule has 60 heavy (non-hydrogen) atoms. The predicted octanol–water partition coefficient (Wildman–Crippen LogP) is 13.8. The molecule has 1 atom stereocenters. The van der Waals surface area contributed by atoms with Crippen molar-refractivity contribution < 1.29 is 0 Å². The van der Waals surface area contributed by atoms with E-state index in [-0.39, 0.29) is 16.9 Å². The van der Waals surface area contributed by atoms with E-state index >= 15 is 0 Å². The van der Waals surface area contributed by atoms with E-state index in [9.17, 15) is 4.79 Å². The summed E-state index contributed by atoms with van der Waals surface area (Å²) >= 11 is 6.50. The molecule has 3 fully saturated rings. The highest BCUT2D eigenvalue weighted by Gasteiger charge is 2.46. The first-order valence-corrected chi connectivity index (χ1v) is 24.0. The number of nitrogens with two attached hydrogens (primary N) is 1. The highest BCUT2D eigenvalue weighted by Crippen LogP contribution is 2.52. The largest absolute Gasteiger partial charge is 0.401 e. The molecule has 4 N–H and O–H groups in total. The second-order valence-corrected chi connectivity index (χ2v) is 18.5. The van der Waals surface area contributed by atoms with Gasteiger partial charge in [0.05, 0.1) is 32.7 Å². The zero-order valence-corrected chi connectivity index (χ0v) is 38.8. The Bertz CT molecular complexity index is 2070. The smallest absolute Gasteiger partial charge is 0.282 e. The van der Waals surface area contributed by atoms with Crippen LogP contribution in [-0.4, -0.2) is 16.1 Å². The van der Waals surface area contributed by atoms with Gasteiger partial charge in [0.25, 0.3) is 5.56 Å². The lowest BCUT2D eigenvalue weighted by atomic mass is 9.69. The molecule has 7 rings (SSSR count). The molecule has 1 aromatic heterocycles. The summed E-state index contributed by atoms with van der Waals surface area (Å²) in [5.74, 6) is 2.63. The average Bonchev–Trinajstić information content (AvgIpc) is 3.52. The van der Waals surface area contributed by atoms with Gasteiger partial charge in [-0.1, -0.05) is 136 Å². The van der Waals surface area contributed by atoms with Crippen LogP contribution < -0.4 is 21.9 Å². The molecule has 7 heteroatoms. The molecule has 2 aromatic carbocycles. The Balaban J connectivity index is 0.000000221. The van der Waals surface area contributed by atoms with Crippen molar-refractivity contribution in [2.45, 2.75) is 168 Å². The van der Waals surface area contributed by atoms with Gasteiger partial charge in [-0.2, -0.15) is 4.98 Å². The molecule has 0 radical (unpaired) electrons. The molecule has 4 aliphatic rings. The Labute approximate surface area is 367 Å². The molecule has 2 aliphatic heterocycles. The van der Waals surface area contributed by atoms with Crippen molar-refractivity contribution in [1.29, 1.82) is 0 Å². The maximum absolute atomic E-state index is 13.1. The number of aromatic nitrogens is 2. The Morgan fingerprint density at radius 2 is 1.75 bits per heavy atom. The van der Waals surface area contributed by atoms with Crippen LogP contribution in [0.15, 0.2) is 95.5 Å². The summed E-state index contributed by atoms with van der Waals surface area (Å²) in [5, 5.41) is 7.69. The van der Waals surface area contributed by atoms with Gasteiger partial charge in [-0.3, -0.25) is 9.36 Å². The molecule has 6 nitrogen and oxygen atoms in total. The number of nitrogens with one attached hydrogen (secondary N) is 2. The molecule has 0 amide bonds. The first kappa shape index (κ1) is 47.1. The Kier molecular flexibility index (Phi) is 17.4. The van der Waals surface area contributed by atoms with E-state index in [2.05, 4.69) is 93.8 Å². The van der Waals surface area contributed by atoms with E-state index in [4.69, 9.17) is 22.3 Å². The third kappa shape index (κ3) is 10.5. The minimum atomic E-state index is -0.187. The van der Waals surface area contributed by atoms with Crippen molar-refractivity contribution in [2.24, 2.45) is 23.0 Å². The van der Waals surface area contributed by atoms with Crippen LogP contribution in [0.4, 0.5) is 0 Å². The zero-order valence-electron chi connectivity index (χ0n) is 38.0. The lowest BCUT2D eigenvalue weighted by molar-refractivity contribution is 0.216. The van der Waals surface area contributed by atoms with Crippen LogP contribution in [0, 0.1) is 17.3 Å². The van der Waals surface area contributed by atoms with Crippen molar-refractivity contribution in [2.75, 3.05) is 6.54 Å². The minimum Gasteiger partial charge on any atom is -0.401 e. The fourth-order valence-corrected chi connectivity index (χ4v) is 10.8. The van der Waals surface area contributed by atoms with Gasteiger partial charge in [-0.05, 0) is 129 Å². The molecule has 1 saturated heterocycles. The molecule has 1 unspecified atom stereocenters. The van der Waals surface area contributed by atoms with Crippen molar-refractivity contribution in [3.05, 3.63) is 123 Å². The fourth-order valence-electron chi connectivity index (χ4n) is 10.5. The lowest BCUT2D eigenvalue weighted by Gasteiger charge is -2.34. The van der Waals surface area contributed by atoms with Gasteiger partial charge in [0.1, 0.15) is 5.82 Å². The highest BCUT2D eigenvalue weighted by molar-refractivity contribution is 6.35. The minimum absolute atomic E-state index is 0.137. The van der Waals surface area contributed by atoms with E-state index in [1.54, 1.807) is 6.07 Å². The van der Waals surface area contributed by atoms with Crippen LogP contribution in [0.1, 0.15) is 180 Å². The number of allylic oxidation sites excluding steroid dienone is 3. The number of fused-ring (bicyclic) bond motifs is 7. The van der Waals surface area contributed by atoms with Gasteiger partial charge in [-0.25, -0.2) is 0 Å². The Morgan fingerprint density at radius 1 is 1.03 bits per heavy atom. The second kappa shape index (κ2) is 22.2. The van der Waals surface area contributed by atoms with Crippen LogP contribution >= 0.6 is 11.6 Å². The third-order valence-corrected chi connectivity index (χ3v) is 14.6. The molecule has 1 spiro atoms. The summed E-state index contributed by atoms with van der Waals surface area (Å²) in [6, 6.07) is 13.0. The van der Waals surface area contributed by atoms with E-state index < -0.39 is 0 Å². The van der Waals surface area contributed by atoms with E-state index in [1.807, 2.05) is 30.5 Å². The first-order chi connectivity index (χ1) is 29.0. The van der Waals surface area contributed by atoms with E-state index in [1.165, 1.54) is 107 Å². The average molecular weight is 835 g/mol. The number of piperidine rings is 1. The van der Waals surface area contributed by atoms with Crippen LogP contribution in [0.2, 0.25) is 5.02 Å². The number of rotatable bonds is 12. The summed E-state index contributed by atoms with van der Waals surface area (Å²) in [4.78, 5) is 17.8. The molecule has 3 heterocycles. The number of benzene rings is 2. The third-order valence-electron chi connectivity index (χ3n) is 14.2. The highest BCUT2D eigenvalue weighted by atomic mass is 35.5. The molecule has 326 valence electrons. The standard InChI is InChI=1S/C28H31ClN2O.C22H37N3.C3H8/c1-2-18-9-11-19(12-10-18)20-13-14-21-24(17-20)31-23-8-6-7-22(29)25(23)26(32)30-27(31)28(21)15-4-3-5-16-28;1-6-14-22(8-3,9-4)15-17-24-16-10-11-20(23)19-13-12-18(5)25-21(19)7-2;1-3-2/h6-8,13-14,17-19H,2-5,9-12,15-16H2,1H3;10-11,16,19,24-25H,2,5-6,8-9,12-15,17,23H2,1,3-4H3;3H2,1-2H3/b;16-10+,20-11-;. The molecule has 0 bridgehead atoms. The fraction of sp³-hybridized carbons (Fsp3) is 0.566. The van der Waals surface area contributed by atoms with Crippen molar-refractivity contribution >= 4 is 22.5 Å². The summed E-state index contributed by atoms with van der Waals surface area (Å²) in [7, 11) is 0. The maximum atomic E-state index is 13.1. The second-order valence-electron chi connectivity index (χ2n) is 18.1. The number of halogens is 1. The summed E-state index contributed by atoms with van der Waals surface area (Å²) in [6.07, 6.45) is 27.7. The van der Waals surface area contributed by atoms with Gasteiger partial charge in [0, 0.05) is 23.9 Å². The van der Waals surface area contributed by atoms with Gasteiger partial charge >= 0.3 is 0 Å². The first-order valence-electron chi connectivity index (χ1n) is 23.6. The van der Waals surface area contributed by atoms with Crippen LogP contribution in [0.3, 0.4) is 0 Å². The van der Waals surface area contributed by atoms with E-state index in [0.29, 0.717) is 21.7 Å². The summed E-state index contributed by atoms with van der Waals surface area (Å²) in [6.45, 7) is 22.2. The SMILES string of the molecule is C=C=C1NC(=C)CCC1/C(N)=C/C=C/NCCC(CC)(CC)CCC.CCC.CCC1CCC(c2ccc3c(c2)-n2c(nc(=O)c4c(Cl)cccc42)C32CCCCC2)CC1. The predicted molar refractivity (Wildman–Crippen MR) is 257 cm³/mol. The molecular weight excluding hydrogens is 758 g/mol. The lowest BCUT2D eigenvalue weighted by Crippen LogP contribution is -2.32. The van der Waals surface area contributed by atoms with Crippen LogP contribution in [0.5, 0.6) is 0 Å². The van der Waals surface area contributed by atoms with Gasteiger partial charge in [-0.15, -0.1) is 5.73 Å². The zero-order chi connectivity index (χ0) is 43.3.